The summed E-state index contributed by atoms with van der Waals surface area (Å²) < 4.78 is 7.01. The van der Waals surface area contributed by atoms with Gasteiger partial charge in [-0.2, -0.15) is 4.52 Å². The fourth-order valence-corrected chi connectivity index (χ4v) is 3.68. The molecule has 0 saturated heterocycles. The van der Waals surface area contributed by atoms with Crippen LogP contribution in [0.2, 0.25) is 0 Å². The Hall–Kier alpha value is -3.26. The van der Waals surface area contributed by atoms with Crippen LogP contribution in [0.25, 0.3) is 16.6 Å². The first kappa shape index (κ1) is 16.0. The van der Waals surface area contributed by atoms with Crippen molar-refractivity contribution in [2.45, 2.75) is 19.5 Å². The van der Waals surface area contributed by atoms with Crippen LogP contribution in [-0.2, 0) is 19.5 Å². The minimum absolute atomic E-state index is 0.300. The second-order valence-electron chi connectivity index (χ2n) is 6.69. The Bertz CT molecular complexity index is 1150. The van der Waals surface area contributed by atoms with Crippen molar-refractivity contribution in [3.8, 4) is 5.75 Å². The van der Waals surface area contributed by atoms with E-state index >= 15 is 0 Å². The molecule has 0 unspecified atom stereocenters. The predicted octanol–water partition coefficient (Wildman–Crippen LogP) is 1.82. The minimum atomic E-state index is 0.300. The maximum atomic E-state index is 6.13. The number of fused-ring (bicyclic) bond motifs is 4. The van der Waals surface area contributed by atoms with E-state index in [0.29, 0.717) is 29.4 Å². The Morgan fingerprint density at radius 2 is 2.11 bits per heavy atom. The summed E-state index contributed by atoms with van der Waals surface area (Å²) in [6.45, 7) is 2.47. The van der Waals surface area contributed by atoms with Crippen molar-refractivity contribution < 1.29 is 4.74 Å². The van der Waals surface area contributed by atoms with E-state index < -0.39 is 0 Å². The first-order valence-corrected chi connectivity index (χ1v) is 8.85. The van der Waals surface area contributed by atoms with Crippen LogP contribution in [0.4, 0.5) is 5.95 Å². The van der Waals surface area contributed by atoms with Crippen molar-refractivity contribution in [1.82, 2.24) is 29.5 Å². The van der Waals surface area contributed by atoms with E-state index in [1.165, 1.54) is 11.1 Å². The summed E-state index contributed by atoms with van der Waals surface area (Å²) in [4.78, 5) is 15.8. The lowest BCUT2D eigenvalue weighted by Gasteiger charge is -2.27. The van der Waals surface area contributed by atoms with Gasteiger partial charge in [-0.05, 0) is 35.7 Å². The highest BCUT2D eigenvalue weighted by Gasteiger charge is 2.19. The molecule has 5 rings (SSSR count). The van der Waals surface area contributed by atoms with Gasteiger partial charge in [-0.1, -0.05) is 6.07 Å². The molecule has 8 nitrogen and oxygen atoms in total. The number of pyridine rings is 1. The Kier molecular flexibility index (Phi) is 3.64. The van der Waals surface area contributed by atoms with Gasteiger partial charge in [0, 0.05) is 30.9 Å². The lowest BCUT2D eigenvalue weighted by atomic mass is 10.0. The molecule has 136 valence electrons. The number of para-hydroxylation sites is 1. The summed E-state index contributed by atoms with van der Waals surface area (Å²) >= 11 is 0. The van der Waals surface area contributed by atoms with Crippen LogP contribution in [0.3, 0.4) is 0 Å². The Morgan fingerprint density at radius 1 is 1.19 bits per heavy atom. The van der Waals surface area contributed by atoms with Gasteiger partial charge >= 0.3 is 0 Å². The van der Waals surface area contributed by atoms with Crippen molar-refractivity contribution in [2.75, 3.05) is 19.4 Å². The molecule has 0 aliphatic carbocycles. The number of benzene rings is 1. The smallest absolute Gasteiger partial charge is 0.223 e. The van der Waals surface area contributed by atoms with Gasteiger partial charge in [-0.3, -0.25) is 9.88 Å². The predicted molar refractivity (Wildman–Crippen MR) is 101 cm³/mol. The van der Waals surface area contributed by atoms with E-state index in [1.54, 1.807) is 11.6 Å². The lowest BCUT2D eigenvalue weighted by molar-refractivity contribution is 0.239. The summed E-state index contributed by atoms with van der Waals surface area (Å²) in [7, 11) is 1.62. The topological polar surface area (TPSA) is 94.5 Å². The van der Waals surface area contributed by atoms with Crippen molar-refractivity contribution >= 4 is 22.5 Å². The number of ether oxygens (including phenoxy) is 1. The average molecular weight is 361 g/mol. The molecule has 4 aromatic rings. The van der Waals surface area contributed by atoms with Crippen LogP contribution in [0, 0.1) is 0 Å². The fourth-order valence-electron chi connectivity index (χ4n) is 3.68. The summed E-state index contributed by atoms with van der Waals surface area (Å²) in [5.41, 5.74) is 10.2. The van der Waals surface area contributed by atoms with Gasteiger partial charge in [0.05, 0.1) is 13.7 Å². The van der Waals surface area contributed by atoms with Crippen molar-refractivity contribution in [2.24, 2.45) is 0 Å². The van der Waals surface area contributed by atoms with Gasteiger partial charge in [-0.15, -0.1) is 5.10 Å². The number of anilines is 1. The highest BCUT2D eigenvalue weighted by molar-refractivity contribution is 5.95. The molecule has 0 bridgehead atoms. The van der Waals surface area contributed by atoms with E-state index in [0.717, 1.165) is 30.7 Å². The van der Waals surface area contributed by atoms with Crippen LogP contribution in [0.15, 0.2) is 36.7 Å². The first-order chi connectivity index (χ1) is 13.2. The number of nitrogens with zero attached hydrogens (tertiary/aromatic N) is 6. The molecule has 0 radical (unpaired) electrons. The molecule has 0 spiro atoms. The van der Waals surface area contributed by atoms with E-state index in [-0.39, 0.29) is 0 Å². The number of nitrogen functional groups attached to an aromatic ring is 1. The molecule has 1 aliphatic heterocycles. The van der Waals surface area contributed by atoms with E-state index in [4.69, 9.17) is 15.5 Å². The van der Waals surface area contributed by atoms with Gasteiger partial charge in [-0.25, -0.2) is 9.97 Å². The number of methoxy groups -OCH3 is 1. The number of aromatic nitrogens is 5. The number of rotatable bonds is 3. The van der Waals surface area contributed by atoms with Gasteiger partial charge in [0.15, 0.2) is 11.5 Å². The number of hydrogen-bond acceptors (Lipinski definition) is 7. The molecule has 27 heavy (non-hydrogen) atoms. The molecular weight excluding hydrogens is 342 g/mol. The normalized spacial score (nSPS) is 14.6. The quantitative estimate of drug-likeness (QED) is 0.595. The SMILES string of the molecule is COc1cccc2c1nc(N)n1nc(CN3CCc4ccncc4C3)nc21. The Morgan fingerprint density at radius 3 is 3.00 bits per heavy atom. The fraction of sp³-hybridized carbons (Fsp3) is 0.263. The second-order valence-corrected chi connectivity index (χ2v) is 6.69. The molecule has 0 saturated carbocycles. The molecule has 4 heterocycles. The van der Waals surface area contributed by atoms with Crippen molar-refractivity contribution in [3.05, 3.63) is 53.6 Å². The molecule has 8 heteroatoms. The first-order valence-electron chi connectivity index (χ1n) is 8.85. The average Bonchev–Trinajstić information content (AvgIpc) is 3.12. The van der Waals surface area contributed by atoms with Gasteiger partial charge < -0.3 is 10.5 Å². The van der Waals surface area contributed by atoms with Crippen LogP contribution in [0.5, 0.6) is 5.75 Å². The highest BCUT2D eigenvalue weighted by atomic mass is 16.5. The summed E-state index contributed by atoms with van der Waals surface area (Å²) in [5.74, 6) is 1.70. The van der Waals surface area contributed by atoms with E-state index in [1.807, 2.05) is 30.6 Å². The monoisotopic (exact) mass is 361 g/mol. The van der Waals surface area contributed by atoms with Crippen LogP contribution < -0.4 is 10.5 Å². The summed E-state index contributed by atoms with van der Waals surface area (Å²) in [5, 5.41) is 5.46. The molecule has 0 amide bonds. The third kappa shape index (κ3) is 2.65. The lowest BCUT2D eigenvalue weighted by Crippen LogP contribution is -2.30. The van der Waals surface area contributed by atoms with E-state index in [2.05, 4.69) is 26.0 Å². The number of nitrogens with two attached hydrogens (primary N) is 1. The van der Waals surface area contributed by atoms with E-state index in [9.17, 15) is 0 Å². The largest absolute Gasteiger partial charge is 0.494 e. The molecule has 0 fully saturated rings. The third-order valence-corrected chi connectivity index (χ3v) is 5.02. The summed E-state index contributed by atoms with van der Waals surface area (Å²) in [6.07, 6.45) is 4.81. The molecule has 3 aromatic heterocycles. The minimum Gasteiger partial charge on any atom is -0.494 e. The van der Waals surface area contributed by atoms with Crippen LogP contribution in [0.1, 0.15) is 17.0 Å². The molecule has 1 aromatic carbocycles. The van der Waals surface area contributed by atoms with Crippen LogP contribution in [-0.4, -0.2) is 43.1 Å². The second kappa shape index (κ2) is 6.17. The zero-order valence-electron chi connectivity index (χ0n) is 15.0. The highest BCUT2D eigenvalue weighted by Crippen LogP contribution is 2.27. The zero-order chi connectivity index (χ0) is 18.4. The van der Waals surface area contributed by atoms with Crippen molar-refractivity contribution in [3.63, 3.8) is 0 Å². The molecule has 0 atom stereocenters. The Labute approximate surface area is 155 Å². The standard InChI is InChI=1S/C19H19N7O/c1-27-15-4-2-3-14-17(15)23-19(20)26-18(14)22-16(24-26)11-25-8-6-12-5-7-21-9-13(12)10-25/h2-5,7,9H,6,8,10-11H2,1H3,(H2,20,23). The van der Waals surface area contributed by atoms with Gasteiger partial charge in [0.25, 0.3) is 0 Å². The third-order valence-electron chi connectivity index (χ3n) is 5.02. The van der Waals surface area contributed by atoms with Crippen molar-refractivity contribution in [1.29, 1.82) is 0 Å². The Balaban J connectivity index is 1.52. The van der Waals surface area contributed by atoms with Crippen LogP contribution >= 0.6 is 0 Å². The van der Waals surface area contributed by atoms with Gasteiger partial charge in [0.1, 0.15) is 11.3 Å². The summed E-state index contributed by atoms with van der Waals surface area (Å²) in [6, 6.07) is 7.84. The molecular formula is C19H19N7O. The maximum Gasteiger partial charge on any atom is 0.223 e. The maximum absolute atomic E-state index is 6.13. The number of hydrogen-bond donors (Lipinski definition) is 1. The zero-order valence-corrected chi connectivity index (χ0v) is 15.0. The molecule has 2 N–H and O–H groups in total. The van der Waals surface area contributed by atoms with Gasteiger partial charge in [0.2, 0.25) is 5.95 Å². The molecule has 1 aliphatic rings.